The molecule has 1 aromatic carbocycles. The van der Waals surface area contributed by atoms with E-state index in [0.29, 0.717) is 30.6 Å². The lowest BCUT2D eigenvalue weighted by molar-refractivity contribution is 0.0924. The first kappa shape index (κ1) is 15.4. The number of ether oxygens (including phenoxy) is 1. The molecule has 2 fully saturated rings. The Morgan fingerprint density at radius 3 is 2.83 bits per heavy atom. The molecule has 0 bridgehead atoms. The number of rotatable bonds is 4. The van der Waals surface area contributed by atoms with Gasteiger partial charge >= 0.3 is 0 Å². The maximum atomic E-state index is 13.8. The van der Waals surface area contributed by atoms with E-state index in [0.717, 1.165) is 0 Å². The van der Waals surface area contributed by atoms with Crippen LogP contribution in [0.25, 0.3) is 0 Å². The van der Waals surface area contributed by atoms with E-state index in [1.54, 1.807) is 18.2 Å². The lowest BCUT2D eigenvalue weighted by atomic mass is 10.2. The molecule has 1 aromatic heterocycles. The largest absolute Gasteiger partial charge is 0.394 e. The highest BCUT2D eigenvalue weighted by Gasteiger charge is 2.55. The van der Waals surface area contributed by atoms with Crippen molar-refractivity contribution in [1.82, 2.24) is 15.1 Å². The van der Waals surface area contributed by atoms with E-state index >= 15 is 0 Å². The van der Waals surface area contributed by atoms with Crippen LogP contribution in [-0.2, 0) is 11.3 Å². The molecule has 1 aliphatic carbocycles. The first-order chi connectivity index (χ1) is 11.6. The van der Waals surface area contributed by atoms with Gasteiger partial charge in [0.25, 0.3) is 5.91 Å². The summed E-state index contributed by atoms with van der Waals surface area (Å²) in [4.78, 5) is 12.4. The average Bonchev–Trinajstić information content (AvgIpc) is 2.91. The number of halogens is 2. The normalized spacial score (nSPS) is 24.7. The molecule has 1 aliphatic heterocycles. The summed E-state index contributed by atoms with van der Waals surface area (Å²) in [6, 6.07) is 6.43. The van der Waals surface area contributed by atoms with Crippen LogP contribution < -0.4 is 11.1 Å². The van der Waals surface area contributed by atoms with E-state index in [2.05, 4.69) is 10.4 Å². The molecule has 3 N–H and O–H groups in total. The number of amides is 1. The van der Waals surface area contributed by atoms with Crippen LogP contribution in [0.3, 0.4) is 0 Å². The second-order valence-electron chi connectivity index (χ2n) is 6.17. The topological polar surface area (TPSA) is 82.2 Å². The Morgan fingerprint density at radius 1 is 1.42 bits per heavy atom. The molecule has 0 radical (unpaired) electrons. The van der Waals surface area contributed by atoms with Gasteiger partial charge in [0.1, 0.15) is 11.5 Å². The van der Waals surface area contributed by atoms with Crippen molar-refractivity contribution in [3.63, 3.8) is 0 Å². The van der Waals surface area contributed by atoms with Crippen LogP contribution in [0, 0.1) is 17.7 Å². The van der Waals surface area contributed by atoms with Gasteiger partial charge in [-0.3, -0.25) is 4.79 Å². The van der Waals surface area contributed by atoms with E-state index in [-0.39, 0.29) is 40.8 Å². The maximum absolute atomic E-state index is 13.8. The van der Waals surface area contributed by atoms with Gasteiger partial charge in [-0.2, -0.15) is 5.10 Å². The van der Waals surface area contributed by atoms with Crippen LogP contribution in [0.15, 0.2) is 24.3 Å². The number of fused-ring (bicyclic) bond motifs is 1. The minimum atomic E-state index is -0.362. The van der Waals surface area contributed by atoms with Crippen LogP contribution in [0.1, 0.15) is 16.1 Å². The fourth-order valence-electron chi connectivity index (χ4n) is 3.19. The van der Waals surface area contributed by atoms with E-state index in [4.69, 9.17) is 22.1 Å². The number of hydrogen-bond acceptors (Lipinski definition) is 4. The van der Waals surface area contributed by atoms with Crippen molar-refractivity contribution in [3.05, 3.63) is 46.5 Å². The van der Waals surface area contributed by atoms with Crippen LogP contribution in [-0.4, -0.2) is 34.9 Å². The standard InChI is InChI=1S/C16H16ClFN4O2/c17-15-12(19)14(16(23)20-13-9-6-24-7-10(9)13)21-22(15)5-8-3-1-2-4-11(8)18/h1-4,9-10,13H,5-7,19H2,(H,20,23)/t9-,10+,13?. The first-order valence-electron chi connectivity index (χ1n) is 7.70. The molecule has 24 heavy (non-hydrogen) atoms. The minimum absolute atomic E-state index is 0.0715. The first-order valence-corrected chi connectivity index (χ1v) is 8.08. The SMILES string of the molecule is Nc1c(C(=O)NC2[C@H]3COC[C@@H]23)nn(Cc2ccccc2F)c1Cl. The predicted octanol–water partition coefficient (Wildman–Crippen LogP) is 1.68. The number of carbonyl (C=O) groups is 1. The van der Waals surface area contributed by atoms with Gasteiger partial charge in [-0.25, -0.2) is 9.07 Å². The van der Waals surface area contributed by atoms with Crippen LogP contribution >= 0.6 is 11.6 Å². The highest BCUT2D eigenvalue weighted by Crippen LogP contribution is 2.44. The molecule has 1 amide bonds. The van der Waals surface area contributed by atoms with Crippen molar-refractivity contribution in [3.8, 4) is 0 Å². The van der Waals surface area contributed by atoms with E-state index < -0.39 is 0 Å². The lowest BCUT2D eigenvalue weighted by Gasteiger charge is -2.06. The van der Waals surface area contributed by atoms with Crippen molar-refractivity contribution in [2.45, 2.75) is 12.6 Å². The van der Waals surface area contributed by atoms with Crippen LogP contribution in [0.2, 0.25) is 5.15 Å². The lowest BCUT2D eigenvalue weighted by Crippen LogP contribution is -2.30. The van der Waals surface area contributed by atoms with Crippen molar-refractivity contribution < 1.29 is 13.9 Å². The Morgan fingerprint density at radius 2 is 2.12 bits per heavy atom. The number of nitrogens with two attached hydrogens (primary N) is 1. The van der Waals surface area contributed by atoms with Gasteiger partial charge in [0.2, 0.25) is 0 Å². The molecule has 1 saturated carbocycles. The number of hydrogen-bond donors (Lipinski definition) is 2. The van der Waals surface area contributed by atoms with Crippen molar-refractivity contribution >= 4 is 23.2 Å². The second kappa shape index (κ2) is 5.75. The van der Waals surface area contributed by atoms with Gasteiger partial charge < -0.3 is 15.8 Å². The highest BCUT2D eigenvalue weighted by atomic mass is 35.5. The number of nitrogens with one attached hydrogen (secondary N) is 1. The van der Waals surface area contributed by atoms with Crippen molar-refractivity contribution in [2.24, 2.45) is 11.8 Å². The summed E-state index contributed by atoms with van der Waals surface area (Å²) in [5.74, 6) is 0.0397. The summed E-state index contributed by atoms with van der Waals surface area (Å²) >= 11 is 6.16. The molecule has 1 saturated heterocycles. The number of anilines is 1. The summed E-state index contributed by atoms with van der Waals surface area (Å²) in [5.41, 5.74) is 6.51. The number of benzene rings is 1. The number of nitrogen functional groups attached to an aromatic ring is 1. The predicted molar refractivity (Wildman–Crippen MR) is 86.2 cm³/mol. The smallest absolute Gasteiger partial charge is 0.274 e. The average molecular weight is 351 g/mol. The third kappa shape index (κ3) is 2.53. The molecule has 1 unspecified atom stereocenters. The van der Waals surface area contributed by atoms with E-state index in [9.17, 15) is 9.18 Å². The molecule has 126 valence electrons. The Bertz CT molecular complexity index is 799. The van der Waals surface area contributed by atoms with E-state index in [1.165, 1.54) is 10.7 Å². The molecule has 4 rings (SSSR count). The van der Waals surface area contributed by atoms with Gasteiger partial charge in [0.05, 0.1) is 19.8 Å². The summed E-state index contributed by atoms with van der Waals surface area (Å²) in [7, 11) is 0. The summed E-state index contributed by atoms with van der Waals surface area (Å²) in [6.07, 6.45) is 0. The molecule has 2 aliphatic rings. The zero-order valence-corrected chi connectivity index (χ0v) is 13.5. The van der Waals surface area contributed by atoms with Gasteiger partial charge in [-0.05, 0) is 6.07 Å². The Balaban J connectivity index is 1.52. The number of aromatic nitrogens is 2. The Labute approximate surface area is 142 Å². The molecule has 0 spiro atoms. The fourth-order valence-corrected chi connectivity index (χ4v) is 3.38. The third-order valence-corrected chi connectivity index (χ3v) is 5.07. The fraction of sp³-hybridized carbons (Fsp3) is 0.375. The second-order valence-corrected chi connectivity index (χ2v) is 6.52. The zero-order valence-electron chi connectivity index (χ0n) is 12.7. The molecule has 2 heterocycles. The molecular weight excluding hydrogens is 335 g/mol. The van der Waals surface area contributed by atoms with E-state index in [1.807, 2.05) is 0 Å². The molecule has 8 heteroatoms. The molecule has 2 aromatic rings. The molecule has 6 nitrogen and oxygen atoms in total. The van der Waals surface area contributed by atoms with Crippen LogP contribution in [0.4, 0.5) is 10.1 Å². The zero-order chi connectivity index (χ0) is 16.8. The highest BCUT2D eigenvalue weighted by molar-refractivity contribution is 6.32. The monoisotopic (exact) mass is 350 g/mol. The Kier molecular flexibility index (Phi) is 3.69. The van der Waals surface area contributed by atoms with Gasteiger partial charge in [-0.15, -0.1) is 0 Å². The summed E-state index contributed by atoms with van der Waals surface area (Å²) in [5, 5.41) is 7.22. The quantitative estimate of drug-likeness (QED) is 0.879. The number of carbonyl (C=O) groups excluding carboxylic acids is 1. The molecular formula is C16H16ClFN4O2. The van der Waals surface area contributed by atoms with Crippen molar-refractivity contribution in [1.29, 1.82) is 0 Å². The Hall–Kier alpha value is -2.12. The third-order valence-electron chi connectivity index (χ3n) is 4.67. The summed E-state index contributed by atoms with van der Waals surface area (Å²) in [6.45, 7) is 1.45. The van der Waals surface area contributed by atoms with Gasteiger partial charge in [0, 0.05) is 23.4 Å². The maximum Gasteiger partial charge on any atom is 0.274 e. The summed E-state index contributed by atoms with van der Waals surface area (Å²) < 4.78 is 20.4. The van der Waals surface area contributed by atoms with Crippen LogP contribution in [0.5, 0.6) is 0 Å². The number of nitrogens with zero attached hydrogens (tertiary/aromatic N) is 2. The van der Waals surface area contributed by atoms with Crippen molar-refractivity contribution in [2.75, 3.05) is 18.9 Å². The minimum Gasteiger partial charge on any atom is -0.394 e. The van der Waals surface area contributed by atoms with Gasteiger partial charge in [0.15, 0.2) is 10.8 Å². The molecule has 3 atom stereocenters. The van der Waals surface area contributed by atoms with Gasteiger partial charge in [-0.1, -0.05) is 29.8 Å².